The summed E-state index contributed by atoms with van der Waals surface area (Å²) in [4.78, 5) is 23.5. The van der Waals surface area contributed by atoms with Gasteiger partial charge in [0.25, 0.3) is 0 Å². The molecule has 3 atom stereocenters. The van der Waals surface area contributed by atoms with Gasteiger partial charge in [-0.2, -0.15) is 0 Å². The SMILES string of the molecule is CC1=CC[C@H]1NC(=O)[C@H](C)NC(=O)[C@@H](N)C(C)C. The molecule has 0 spiro atoms. The van der Waals surface area contributed by atoms with Gasteiger partial charge in [-0.3, -0.25) is 9.59 Å². The molecule has 0 aromatic rings. The molecule has 0 bridgehead atoms. The molecule has 0 aromatic carbocycles. The number of nitrogens with one attached hydrogen (secondary N) is 2. The molecule has 0 fully saturated rings. The molecule has 0 aliphatic heterocycles. The Bertz CT molecular complexity index is 363. The second kappa shape index (κ2) is 6.00. The zero-order chi connectivity index (χ0) is 13.9. The Kier molecular flexibility index (Phi) is 4.90. The lowest BCUT2D eigenvalue weighted by molar-refractivity contribution is -0.130. The summed E-state index contributed by atoms with van der Waals surface area (Å²) in [6.07, 6.45) is 2.94. The predicted molar refractivity (Wildman–Crippen MR) is 70.7 cm³/mol. The van der Waals surface area contributed by atoms with Gasteiger partial charge in [0.1, 0.15) is 6.04 Å². The van der Waals surface area contributed by atoms with Gasteiger partial charge in [0.15, 0.2) is 0 Å². The van der Waals surface area contributed by atoms with E-state index in [1.54, 1.807) is 6.92 Å². The van der Waals surface area contributed by atoms with Crippen molar-refractivity contribution in [3.05, 3.63) is 11.6 Å². The number of carbonyl (C=O) groups excluding carboxylic acids is 2. The first-order chi connectivity index (χ1) is 8.32. The average Bonchev–Trinajstić information content (AvgIpc) is 2.32. The summed E-state index contributed by atoms with van der Waals surface area (Å²) in [5.41, 5.74) is 6.88. The van der Waals surface area contributed by atoms with Gasteiger partial charge in [-0.05, 0) is 26.2 Å². The fourth-order valence-corrected chi connectivity index (χ4v) is 1.62. The van der Waals surface area contributed by atoms with Crippen LogP contribution in [0.1, 0.15) is 34.1 Å². The van der Waals surface area contributed by atoms with Gasteiger partial charge in [-0.25, -0.2) is 0 Å². The molecule has 1 aliphatic rings. The van der Waals surface area contributed by atoms with Gasteiger partial charge in [0, 0.05) is 0 Å². The van der Waals surface area contributed by atoms with Crippen molar-refractivity contribution in [2.45, 2.75) is 52.2 Å². The highest BCUT2D eigenvalue weighted by Crippen LogP contribution is 2.17. The molecule has 5 heteroatoms. The van der Waals surface area contributed by atoms with Crippen molar-refractivity contribution in [2.75, 3.05) is 0 Å². The molecule has 102 valence electrons. The molecule has 0 aromatic heterocycles. The Balaban J connectivity index is 2.40. The third kappa shape index (κ3) is 3.57. The molecule has 1 rings (SSSR count). The van der Waals surface area contributed by atoms with Crippen LogP contribution in [0.2, 0.25) is 0 Å². The monoisotopic (exact) mass is 253 g/mol. The van der Waals surface area contributed by atoms with Crippen LogP contribution in [0.25, 0.3) is 0 Å². The lowest BCUT2D eigenvalue weighted by atomic mass is 9.93. The normalized spacial score (nSPS) is 21.7. The molecule has 0 radical (unpaired) electrons. The molecule has 18 heavy (non-hydrogen) atoms. The molecule has 0 heterocycles. The Morgan fingerprint density at radius 3 is 2.33 bits per heavy atom. The van der Waals surface area contributed by atoms with E-state index in [0.717, 1.165) is 6.42 Å². The first kappa shape index (κ1) is 14.7. The summed E-state index contributed by atoms with van der Waals surface area (Å²) in [5, 5.41) is 5.51. The molecule has 1 aliphatic carbocycles. The quantitative estimate of drug-likeness (QED) is 0.616. The third-order valence-electron chi connectivity index (χ3n) is 3.31. The molecule has 5 nitrogen and oxygen atoms in total. The fourth-order valence-electron chi connectivity index (χ4n) is 1.62. The molecule has 4 N–H and O–H groups in total. The Morgan fingerprint density at radius 2 is 1.94 bits per heavy atom. The highest BCUT2D eigenvalue weighted by atomic mass is 16.2. The Labute approximate surface area is 108 Å². The van der Waals surface area contributed by atoms with E-state index in [9.17, 15) is 9.59 Å². The van der Waals surface area contributed by atoms with Gasteiger partial charge in [-0.1, -0.05) is 25.5 Å². The number of rotatable bonds is 5. The zero-order valence-corrected chi connectivity index (χ0v) is 11.5. The highest BCUT2D eigenvalue weighted by Gasteiger charge is 2.25. The second-order valence-electron chi connectivity index (χ2n) is 5.25. The van der Waals surface area contributed by atoms with Crippen molar-refractivity contribution in [3.63, 3.8) is 0 Å². The fraction of sp³-hybridized carbons (Fsp3) is 0.692. The summed E-state index contributed by atoms with van der Waals surface area (Å²) in [6, 6.07) is -1.02. The maximum Gasteiger partial charge on any atom is 0.242 e. The largest absolute Gasteiger partial charge is 0.348 e. The van der Waals surface area contributed by atoms with Crippen molar-refractivity contribution >= 4 is 11.8 Å². The first-order valence-corrected chi connectivity index (χ1v) is 6.36. The maximum atomic E-state index is 11.8. The lowest BCUT2D eigenvalue weighted by Crippen LogP contribution is -2.53. The van der Waals surface area contributed by atoms with Crippen LogP contribution < -0.4 is 16.4 Å². The van der Waals surface area contributed by atoms with Gasteiger partial charge in [0.05, 0.1) is 12.1 Å². The van der Waals surface area contributed by atoms with Crippen molar-refractivity contribution in [1.82, 2.24) is 10.6 Å². The minimum atomic E-state index is -0.578. The second-order valence-corrected chi connectivity index (χ2v) is 5.25. The summed E-state index contributed by atoms with van der Waals surface area (Å²) in [5.74, 6) is -0.401. The molecule has 0 saturated heterocycles. The summed E-state index contributed by atoms with van der Waals surface area (Å²) in [7, 11) is 0. The molecular weight excluding hydrogens is 230 g/mol. The predicted octanol–water partition coefficient (Wildman–Crippen LogP) is 0.309. The van der Waals surface area contributed by atoms with Crippen LogP contribution in [0, 0.1) is 5.92 Å². The van der Waals surface area contributed by atoms with Gasteiger partial charge < -0.3 is 16.4 Å². The standard InChI is InChI=1S/C13H23N3O2/c1-7(2)11(14)13(18)15-9(4)12(17)16-10-6-5-8(10)3/h5,7,9-11H,6,14H2,1-4H3,(H,15,18)(H,16,17)/t9-,10+,11-/m0/s1. The third-order valence-corrected chi connectivity index (χ3v) is 3.31. The molecule has 0 unspecified atom stereocenters. The van der Waals surface area contributed by atoms with Crippen LogP contribution in [0.5, 0.6) is 0 Å². The molecule has 2 amide bonds. The zero-order valence-electron chi connectivity index (χ0n) is 11.5. The van der Waals surface area contributed by atoms with Gasteiger partial charge in [-0.15, -0.1) is 0 Å². The van der Waals surface area contributed by atoms with Gasteiger partial charge >= 0.3 is 0 Å². The summed E-state index contributed by atoms with van der Waals surface area (Å²) in [6.45, 7) is 7.39. The van der Waals surface area contributed by atoms with Crippen LogP contribution in [0.4, 0.5) is 0 Å². The number of hydrogen-bond acceptors (Lipinski definition) is 3. The van der Waals surface area contributed by atoms with E-state index in [-0.39, 0.29) is 23.8 Å². The van der Waals surface area contributed by atoms with E-state index in [1.807, 2.05) is 20.8 Å². The van der Waals surface area contributed by atoms with Crippen LogP contribution in [-0.2, 0) is 9.59 Å². The van der Waals surface area contributed by atoms with E-state index < -0.39 is 12.1 Å². The minimum Gasteiger partial charge on any atom is -0.348 e. The smallest absolute Gasteiger partial charge is 0.242 e. The minimum absolute atomic E-state index is 0.0528. The first-order valence-electron chi connectivity index (χ1n) is 6.36. The van der Waals surface area contributed by atoms with Crippen molar-refractivity contribution in [1.29, 1.82) is 0 Å². The number of amides is 2. The van der Waals surface area contributed by atoms with Crippen molar-refractivity contribution in [3.8, 4) is 0 Å². The van der Waals surface area contributed by atoms with Crippen molar-refractivity contribution in [2.24, 2.45) is 11.7 Å². The lowest BCUT2D eigenvalue weighted by Gasteiger charge is -2.27. The average molecular weight is 253 g/mol. The van der Waals surface area contributed by atoms with E-state index in [0.29, 0.717) is 0 Å². The topological polar surface area (TPSA) is 84.2 Å². The molecular formula is C13H23N3O2. The van der Waals surface area contributed by atoms with E-state index in [4.69, 9.17) is 5.73 Å². The van der Waals surface area contributed by atoms with Crippen LogP contribution in [0.15, 0.2) is 11.6 Å². The van der Waals surface area contributed by atoms with Crippen LogP contribution in [0.3, 0.4) is 0 Å². The maximum absolute atomic E-state index is 11.8. The number of carbonyl (C=O) groups is 2. The van der Waals surface area contributed by atoms with E-state index in [1.165, 1.54) is 5.57 Å². The van der Waals surface area contributed by atoms with E-state index in [2.05, 4.69) is 16.7 Å². The number of nitrogens with two attached hydrogens (primary N) is 1. The summed E-state index contributed by atoms with van der Waals surface area (Å²) >= 11 is 0. The van der Waals surface area contributed by atoms with Crippen molar-refractivity contribution < 1.29 is 9.59 Å². The van der Waals surface area contributed by atoms with E-state index >= 15 is 0 Å². The summed E-state index contributed by atoms with van der Waals surface area (Å²) < 4.78 is 0. The van der Waals surface area contributed by atoms with Crippen LogP contribution in [-0.4, -0.2) is 29.9 Å². The highest BCUT2D eigenvalue weighted by molar-refractivity contribution is 5.89. The Hall–Kier alpha value is -1.36. The number of hydrogen-bond donors (Lipinski definition) is 3. The Morgan fingerprint density at radius 1 is 1.33 bits per heavy atom. The van der Waals surface area contributed by atoms with Crippen LogP contribution >= 0.6 is 0 Å². The molecule has 0 saturated carbocycles. The van der Waals surface area contributed by atoms with Gasteiger partial charge in [0.2, 0.25) is 11.8 Å².